The van der Waals surface area contributed by atoms with Crippen molar-refractivity contribution >= 4 is 46.7 Å². The summed E-state index contributed by atoms with van der Waals surface area (Å²) in [6.07, 6.45) is 16.2. The summed E-state index contributed by atoms with van der Waals surface area (Å²) in [5, 5.41) is 19.3. The normalized spacial score (nSPS) is 24.4. The molecular weight excluding hydrogens is 1060 g/mol. The van der Waals surface area contributed by atoms with Gasteiger partial charge in [-0.1, -0.05) is 41.5 Å². The minimum Gasteiger partial charge on any atom is -0.395 e. The highest BCUT2D eigenvalue weighted by Crippen LogP contribution is 2.40. The van der Waals surface area contributed by atoms with E-state index in [1.165, 1.54) is 35.0 Å². The number of hydrogen-bond donors (Lipinski definition) is 4. The number of amides is 2. The van der Waals surface area contributed by atoms with Crippen molar-refractivity contribution in [3.8, 4) is 0 Å². The first-order valence-corrected chi connectivity index (χ1v) is 32.9. The molecule has 5 saturated heterocycles. The van der Waals surface area contributed by atoms with E-state index < -0.39 is 12.1 Å². The molecule has 2 amide bonds. The molecule has 7 atom stereocenters. The Balaban J connectivity index is 0.000000242. The third-order valence-corrected chi connectivity index (χ3v) is 20.0. The Hall–Kier alpha value is -3.85. The smallest absolute Gasteiger partial charge is 0.260 e. The van der Waals surface area contributed by atoms with Gasteiger partial charge in [-0.2, -0.15) is 0 Å². The Morgan fingerprint density at radius 3 is 2.38 bits per heavy atom. The van der Waals surface area contributed by atoms with Crippen LogP contribution in [0, 0.1) is 16.7 Å². The highest BCUT2D eigenvalue weighted by Gasteiger charge is 2.50. The number of aromatic nitrogens is 1. The number of ketones is 1. The second kappa shape index (κ2) is 31.4. The van der Waals surface area contributed by atoms with Crippen LogP contribution in [-0.4, -0.2) is 224 Å². The number of aryl methyl sites for hydroxylation is 1. The van der Waals surface area contributed by atoms with Crippen molar-refractivity contribution in [3.63, 3.8) is 0 Å². The van der Waals surface area contributed by atoms with E-state index >= 15 is 0 Å². The van der Waals surface area contributed by atoms with Crippen molar-refractivity contribution in [1.29, 1.82) is 0 Å². The van der Waals surface area contributed by atoms with Gasteiger partial charge in [0.2, 0.25) is 5.91 Å². The highest BCUT2D eigenvalue weighted by atomic mass is 16.5. The van der Waals surface area contributed by atoms with Gasteiger partial charge in [0.1, 0.15) is 18.1 Å². The molecule has 8 rings (SSSR count). The van der Waals surface area contributed by atoms with E-state index in [2.05, 4.69) is 139 Å². The molecule has 6 heterocycles. The number of nitrogens with zero attached hydrogens (tertiary/aromatic N) is 8. The third kappa shape index (κ3) is 17.3. The molecule has 18 heteroatoms. The molecule has 0 radical (unpaired) electrons. The number of morpholine rings is 1. The Bertz CT molecular complexity index is 2440. The summed E-state index contributed by atoms with van der Waals surface area (Å²) >= 11 is 0. The molecule has 474 valence electrons. The van der Waals surface area contributed by atoms with Gasteiger partial charge in [-0.05, 0) is 159 Å². The first kappa shape index (κ1) is 67.7. The van der Waals surface area contributed by atoms with E-state index in [0.717, 1.165) is 128 Å². The van der Waals surface area contributed by atoms with E-state index in [1.54, 1.807) is 19.0 Å². The maximum Gasteiger partial charge on any atom is 0.260 e. The molecule has 1 spiro atoms. The van der Waals surface area contributed by atoms with E-state index in [4.69, 9.17) is 14.5 Å². The number of rotatable bonds is 29. The number of likely N-dealkylation sites (N-methyl/N-ethyl adjacent to an activating group) is 1. The Morgan fingerprint density at radius 1 is 1.02 bits per heavy atom. The number of Topliss-reactive ketones (excluding diaryl/α,β-unsaturated/α-hetero) is 1. The summed E-state index contributed by atoms with van der Waals surface area (Å²) in [6, 6.07) is 6.91. The zero-order valence-electron chi connectivity index (χ0n) is 54.2. The first-order chi connectivity index (χ1) is 40.3. The van der Waals surface area contributed by atoms with Crippen LogP contribution in [0.25, 0.3) is 10.9 Å². The molecule has 84 heavy (non-hydrogen) atoms. The molecule has 5 aliphatic heterocycles. The molecule has 1 aromatic carbocycles. The van der Waals surface area contributed by atoms with Gasteiger partial charge in [0.25, 0.3) is 5.91 Å². The molecule has 7 unspecified atom stereocenters. The van der Waals surface area contributed by atoms with Crippen molar-refractivity contribution < 1.29 is 33.8 Å². The molecule has 0 bridgehead atoms. The van der Waals surface area contributed by atoms with Crippen LogP contribution in [0.1, 0.15) is 158 Å². The van der Waals surface area contributed by atoms with Crippen molar-refractivity contribution in [3.05, 3.63) is 29.5 Å². The maximum atomic E-state index is 14.2. The van der Waals surface area contributed by atoms with Gasteiger partial charge in [0, 0.05) is 144 Å². The maximum absolute atomic E-state index is 14.2. The van der Waals surface area contributed by atoms with Gasteiger partial charge in [-0.25, -0.2) is 5.43 Å². The summed E-state index contributed by atoms with van der Waals surface area (Å²) in [4.78, 5) is 68.9. The van der Waals surface area contributed by atoms with Crippen LogP contribution in [0.15, 0.2) is 23.2 Å². The number of aldehydes is 1. The number of aliphatic hydroxyl groups is 1. The molecular formula is C66H113N11O7. The Morgan fingerprint density at radius 2 is 1.76 bits per heavy atom. The first-order valence-electron chi connectivity index (χ1n) is 32.9. The predicted molar refractivity (Wildman–Crippen MR) is 339 cm³/mol. The Labute approximate surface area is 505 Å². The SMILES string of the molecule is CCC1(CC)CN(CC(NC(=O)C(C(C)C)N2CCOCC23CCNC(C(C)=O)C3)C(=O)N2CCCC(C)N2)C1.CCN(CCO)c1ccc2c(c1)c(CC(C)(C)CCC=O)c(CCC(C=NCC(C)OC)N1CCN(C3CC3)CC1)n2CC. The van der Waals surface area contributed by atoms with Gasteiger partial charge >= 0.3 is 0 Å². The standard InChI is InChI=1S/C36H59N5O3.C30H54N6O4/c1-7-38(21-23-43)30-12-14-34-32(24-30)33(25-36(4,5)16-9-22-42)35(41(34)8-2)15-13-31(27-37-26-28(3)44-6)40-19-17-39(18-20-40)29-10-11-29;1-7-29(8-2)18-34(19-29)17-25(28(39)36-13-9-10-22(5)33-36)32-27(38)26(21(3)4)35-14-15-40-20-30(35)11-12-31-24(16-30)23(6)37/h12,14,22,24,27-29,31,43H,7-11,13,15-21,23,25-26H2,1-6H3;21-22,24-26,31,33H,7-20H2,1-6H3,(H,32,38). The van der Waals surface area contributed by atoms with Crippen molar-refractivity contribution in [1.82, 2.24) is 45.2 Å². The van der Waals surface area contributed by atoms with Crippen LogP contribution in [0.2, 0.25) is 0 Å². The van der Waals surface area contributed by atoms with Gasteiger partial charge in [0.15, 0.2) is 0 Å². The fraction of sp³-hybridized carbons (Fsp3) is 0.803. The summed E-state index contributed by atoms with van der Waals surface area (Å²) in [6.45, 7) is 36.7. The van der Waals surface area contributed by atoms with Gasteiger partial charge in [-0.3, -0.25) is 44.0 Å². The topological polar surface area (TPSA) is 180 Å². The summed E-state index contributed by atoms with van der Waals surface area (Å²) in [5.74, 6) is -0.00585. The van der Waals surface area contributed by atoms with Crippen molar-refractivity contribution in [2.45, 2.75) is 214 Å². The second-order valence-corrected chi connectivity index (χ2v) is 27.0. The number of fused-ring (bicyclic) bond motifs is 1. The lowest BCUT2D eigenvalue weighted by molar-refractivity contribution is -0.152. The summed E-state index contributed by atoms with van der Waals surface area (Å²) in [7, 11) is 1.76. The minimum absolute atomic E-state index is 0.00432. The number of nitrogens with one attached hydrogen (secondary N) is 3. The zero-order valence-corrected chi connectivity index (χ0v) is 54.2. The predicted octanol–water partition coefficient (Wildman–Crippen LogP) is 6.76. The lowest BCUT2D eigenvalue weighted by Gasteiger charge is -2.54. The number of piperidine rings is 1. The summed E-state index contributed by atoms with van der Waals surface area (Å²) in [5.41, 5.74) is 8.57. The number of hydrazine groups is 1. The van der Waals surface area contributed by atoms with Crippen molar-refractivity contribution in [2.24, 2.45) is 21.7 Å². The molecule has 6 aliphatic rings. The average molecular weight is 1170 g/mol. The van der Waals surface area contributed by atoms with Crippen LogP contribution in [0.5, 0.6) is 0 Å². The number of aliphatic hydroxyl groups excluding tert-OH is 1. The van der Waals surface area contributed by atoms with E-state index in [1.807, 2.05) is 0 Å². The van der Waals surface area contributed by atoms with Crippen LogP contribution >= 0.6 is 0 Å². The number of benzene rings is 1. The van der Waals surface area contributed by atoms with E-state index in [0.29, 0.717) is 70.7 Å². The molecule has 2 aromatic rings. The van der Waals surface area contributed by atoms with Gasteiger partial charge in [0.05, 0.1) is 44.6 Å². The molecule has 1 aromatic heterocycles. The Kier molecular flexibility index (Phi) is 25.3. The molecule has 4 N–H and O–H groups in total. The third-order valence-electron chi connectivity index (χ3n) is 20.0. The number of methoxy groups -OCH3 is 1. The number of carbonyl (C=O) groups excluding carboxylic acids is 4. The van der Waals surface area contributed by atoms with Crippen molar-refractivity contribution in [2.75, 3.05) is 117 Å². The largest absolute Gasteiger partial charge is 0.395 e. The van der Waals surface area contributed by atoms with Gasteiger partial charge in [-0.15, -0.1) is 0 Å². The number of hydrogen-bond acceptors (Lipinski definition) is 15. The minimum atomic E-state index is -0.617. The number of likely N-dealkylation sites (tertiary alicyclic amines) is 1. The lowest BCUT2D eigenvalue weighted by atomic mass is 9.75. The van der Waals surface area contributed by atoms with Crippen LogP contribution in [0.4, 0.5) is 5.69 Å². The fourth-order valence-electron chi connectivity index (χ4n) is 14.5. The highest BCUT2D eigenvalue weighted by molar-refractivity contribution is 5.91. The molecule has 6 fully saturated rings. The molecule has 18 nitrogen and oxygen atoms in total. The number of aliphatic imine (C=N–C) groups is 1. The van der Waals surface area contributed by atoms with Crippen LogP contribution in [-0.2, 0) is 48.0 Å². The van der Waals surface area contributed by atoms with E-state index in [9.17, 15) is 24.3 Å². The fourth-order valence-corrected chi connectivity index (χ4v) is 14.5. The summed E-state index contributed by atoms with van der Waals surface area (Å²) < 4.78 is 14.0. The van der Waals surface area contributed by atoms with Crippen LogP contribution in [0.3, 0.4) is 0 Å². The number of carbonyl (C=O) groups is 4. The molecule has 1 saturated carbocycles. The quantitative estimate of drug-likeness (QED) is 0.0496. The van der Waals surface area contributed by atoms with Gasteiger partial charge < -0.3 is 39.5 Å². The lowest BCUT2D eigenvalue weighted by Crippen LogP contribution is -2.70. The monoisotopic (exact) mass is 1170 g/mol. The number of piperazine rings is 1. The second-order valence-electron chi connectivity index (χ2n) is 27.0. The average Bonchev–Trinajstić information content (AvgIpc) is 2.26. The zero-order chi connectivity index (χ0) is 60.8. The number of anilines is 1. The number of ether oxygens (including phenoxy) is 2. The van der Waals surface area contributed by atoms with E-state index in [-0.39, 0.29) is 65.3 Å². The van der Waals surface area contributed by atoms with Crippen LogP contribution < -0.4 is 21.0 Å². The molecule has 1 aliphatic carbocycles.